The molecular weight excluding hydrogens is 584 g/mol. The Morgan fingerprint density at radius 1 is 1.11 bits per heavy atom. The van der Waals surface area contributed by atoms with Gasteiger partial charge in [0, 0.05) is 44.6 Å². The van der Waals surface area contributed by atoms with E-state index < -0.39 is 36.4 Å². The third-order valence-electron chi connectivity index (χ3n) is 7.56. The van der Waals surface area contributed by atoms with Crippen LogP contribution in [-0.4, -0.2) is 79.1 Å². The van der Waals surface area contributed by atoms with Crippen molar-refractivity contribution in [3.05, 3.63) is 29.8 Å². The number of rotatable bonds is 18. The number of likely N-dealkylation sites (tertiary alicyclic amines) is 1. The van der Waals surface area contributed by atoms with Crippen LogP contribution in [0.15, 0.2) is 24.3 Å². The number of hydrogen-bond acceptors (Lipinski definition) is 8. The summed E-state index contributed by atoms with van der Waals surface area (Å²) in [5.74, 6) is -2.23. The predicted octanol–water partition coefficient (Wildman–Crippen LogP) is 1.35. The molecule has 1 aliphatic heterocycles. The molecule has 1 saturated heterocycles. The molecule has 0 saturated carbocycles. The number of unbranched alkanes of at least 4 members (excludes halogenated alkanes) is 2. The zero-order chi connectivity index (χ0) is 34.4. The summed E-state index contributed by atoms with van der Waals surface area (Å²) in [6.45, 7) is 5.70. The van der Waals surface area contributed by atoms with Gasteiger partial charge in [-0.3, -0.25) is 33.7 Å². The molecule has 5 N–H and O–H groups in total. The van der Waals surface area contributed by atoms with Gasteiger partial charge in [-0.25, -0.2) is 4.79 Å². The first-order chi connectivity index (χ1) is 21.7. The molecule has 0 aliphatic carbocycles. The maximum Gasteiger partial charge on any atom is 0.312 e. The SMILES string of the molecule is [2H]C(=O)OCc1ccc(N(C)C(=O)[C@H](CCCNC(N)=O)NC(=O)[C@@H](NC(=O)CCCCCN2C(=O)CC(C)C2=O)C(C)C)cc1. The number of benzene rings is 1. The highest BCUT2D eigenvalue weighted by Crippen LogP contribution is 2.20. The van der Waals surface area contributed by atoms with E-state index in [1.807, 2.05) is 0 Å². The number of nitrogens with one attached hydrogen (secondary N) is 3. The Morgan fingerprint density at radius 2 is 1.80 bits per heavy atom. The third kappa shape index (κ3) is 11.8. The number of likely N-dealkylation sites (N-methyl/N-ethyl adjacent to an activating group) is 1. The lowest BCUT2D eigenvalue weighted by Crippen LogP contribution is -2.55. The van der Waals surface area contributed by atoms with Gasteiger partial charge in [0.2, 0.25) is 29.5 Å². The van der Waals surface area contributed by atoms with E-state index in [0.29, 0.717) is 43.5 Å². The quantitative estimate of drug-likeness (QED) is 0.106. The van der Waals surface area contributed by atoms with Crippen LogP contribution >= 0.6 is 0 Å². The van der Waals surface area contributed by atoms with Crippen molar-refractivity contribution >= 4 is 47.7 Å². The number of amides is 7. The highest BCUT2D eigenvalue weighted by Gasteiger charge is 2.35. The fraction of sp³-hybridized carbons (Fsp3) is 0.581. The molecule has 0 radical (unpaired) electrons. The van der Waals surface area contributed by atoms with Gasteiger partial charge in [0.05, 0.1) is 0 Å². The van der Waals surface area contributed by atoms with E-state index >= 15 is 0 Å². The zero-order valence-electron chi connectivity index (χ0n) is 27.4. The van der Waals surface area contributed by atoms with E-state index in [9.17, 15) is 33.6 Å². The lowest BCUT2D eigenvalue weighted by molar-refractivity contribution is -0.139. The van der Waals surface area contributed by atoms with Gasteiger partial charge < -0.3 is 31.3 Å². The van der Waals surface area contributed by atoms with Crippen molar-refractivity contribution in [2.45, 2.75) is 84.4 Å². The normalized spacial score (nSPS) is 16.1. The summed E-state index contributed by atoms with van der Waals surface area (Å²) in [4.78, 5) is 88.2. The second-order valence-electron chi connectivity index (χ2n) is 11.5. The molecule has 14 nitrogen and oxygen atoms in total. The number of hydrogen-bond donors (Lipinski definition) is 4. The van der Waals surface area contributed by atoms with Crippen LogP contribution in [-0.2, 0) is 40.1 Å². The highest BCUT2D eigenvalue weighted by atomic mass is 16.5. The van der Waals surface area contributed by atoms with Crippen LogP contribution in [0.3, 0.4) is 0 Å². The molecule has 1 aromatic rings. The zero-order valence-corrected chi connectivity index (χ0v) is 26.4. The Balaban J connectivity index is 1.99. The van der Waals surface area contributed by atoms with Crippen LogP contribution in [0.2, 0.25) is 0 Å². The first kappa shape index (κ1) is 35.0. The van der Waals surface area contributed by atoms with E-state index in [1.54, 1.807) is 52.1 Å². The van der Waals surface area contributed by atoms with Crippen LogP contribution in [0.1, 0.15) is 72.7 Å². The van der Waals surface area contributed by atoms with Crippen molar-refractivity contribution in [1.82, 2.24) is 20.9 Å². The molecule has 1 unspecified atom stereocenters. The number of primary amides is 1. The van der Waals surface area contributed by atoms with Gasteiger partial charge in [-0.2, -0.15) is 0 Å². The lowest BCUT2D eigenvalue weighted by Gasteiger charge is -2.28. The number of imide groups is 1. The summed E-state index contributed by atoms with van der Waals surface area (Å²) in [5, 5.41) is 7.99. The molecule has 3 atom stereocenters. The molecule has 1 heterocycles. The van der Waals surface area contributed by atoms with Gasteiger partial charge in [-0.15, -0.1) is 0 Å². The highest BCUT2D eigenvalue weighted by molar-refractivity contribution is 6.03. The van der Waals surface area contributed by atoms with Crippen molar-refractivity contribution in [3.8, 4) is 0 Å². The number of carbonyl (C=O) groups excluding carboxylic acids is 7. The van der Waals surface area contributed by atoms with Gasteiger partial charge in [-0.05, 0) is 49.3 Å². The summed E-state index contributed by atoms with van der Waals surface area (Å²) < 4.78 is 11.5. The molecule has 0 bridgehead atoms. The average molecular weight is 632 g/mol. The summed E-state index contributed by atoms with van der Waals surface area (Å²) in [6, 6.07) is 3.93. The molecule has 7 amide bonds. The van der Waals surface area contributed by atoms with E-state index in [0.717, 1.165) is 0 Å². The van der Waals surface area contributed by atoms with Crippen molar-refractivity contribution < 1.29 is 39.7 Å². The Kier molecular flexibility index (Phi) is 14.3. The van der Waals surface area contributed by atoms with Crippen LogP contribution in [0.25, 0.3) is 0 Å². The summed E-state index contributed by atoms with van der Waals surface area (Å²) in [6.07, 6.45) is 1.43. The maximum atomic E-state index is 13.6. The van der Waals surface area contributed by atoms with Crippen LogP contribution in [0.4, 0.5) is 10.5 Å². The van der Waals surface area contributed by atoms with Crippen molar-refractivity contribution in [2.24, 2.45) is 17.6 Å². The van der Waals surface area contributed by atoms with E-state index in [4.69, 9.17) is 7.10 Å². The molecule has 0 spiro atoms. The number of carbonyl (C=O) groups is 7. The van der Waals surface area contributed by atoms with Gasteiger partial charge in [0.1, 0.15) is 18.7 Å². The molecule has 1 fully saturated rings. The van der Waals surface area contributed by atoms with E-state index in [2.05, 4.69) is 20.7 Å². The molecule has 14 heteroatoms. The first-order valence-corrected chi connectivity index (χ1v) is 15.2. The fourth-order valence-corrected chi connectivity index (χ4v) is 4.92. The van der Waals surface area contributed by atoms with E-state index in [-0.39, 0.29) is 62.0 Å². The summed E-state index contributed by atoms with van der Waals surface area (Å²) in [7, 11) is 1.54. The summed E-state index contributed by atoms with van der Waals surface area (Å²) in [5.41, 5.74) is 6.26. The molecule has 45 heavy (non-hydrogen) atoms. The van der Waals surface area contributed by atoms with Gasteiger partial charge in [-0.1, -0.05) is 39.3 Å². The number of nitrogens with zero attached hydrogens (tertiary/aromatic N) is 2. The van der Waals surface area contributed by atoms with Crippen LogP contribution in [0, 0.1) is 11.8 Å². The smallest absolute Gasteiger partial charge is 0.312 e. The topological polar surface area (TPSA) is 197 Å². The first-order valence-electron chi connectivity index (χ1n) is 15.7. The number of ether oxygens (including phenoxy) is 1. The van der Waals surface area contributed by atoms with Crippen LogP contribution < -0.4 is 26.6 Å². The molecule has 1 aliphatic rings. The summed E-state index contributed by atoms with van der Waals surface area (Å²) >= 11 is 0. The van der Waals surface area contributed by atoms with E-state index in [1.165, 1.54) is 9.80 Å². The Morgan fingerprint density at radius 3 is 2.38 bits per heavy atom. The maximum absolute atomic E-state index is 13.6. The number of urea groups is 1. The van der Waals surface area contributed by atoms with Crippen molar-refractivity contribution in [2.75, 3.05) is 25.0 Å². The Labute approximate surface area is 265 Å². The third-order valence-corrected chi connectivity index (χ3v) is 7.56. The standard InChI is InChI=1S/C31H46N6O8/c1-20(2)27(35-25(39)10-6-5-7-16-37-26(40)17-21(3)29(37)42)28(41)34-24(9-8-15-33-31(32)44)30(43)36(4)23-13-11-22(12-14-23)18-45-19-38/h11-14,19-21,24,27H,5-10,15-18H2,1-4H3,(H,34,41)(H,35,39)(H3,32,33,44)/t21?,24-,27-/m0/s1/i19D. The minimum Gasteiger partial charge on any atom is -0.463 e. The molecule has 2 rings (SSSR count). The van der Waals surface area contributed by atoms with Gasteiger partial charge >= 0.3 is 6.03 Å². The molecule has 0 aromatic heterocycles. The van der Waals surface area contributed by atoms with Crippen molar-refractivity contribution in [1.29, 1.82) is 0 Å². The fourth-order valence-electron chi connectivity index (χ4n) is 4.92. The number of nitrogens with two attached hydrogens (primary N) is 1. The molecule has 248 valence electrons. The lowest BCUT2D eigenvalue weighted by atomic mass is 10.0. The van der Waals surface area contributed by atoms with Gasteiger partial charge in [0.25, 0.3) is 6.45 Å². The average Bonchev–Trinajstić information content (AvgIpc) is 3.24. The monoisotopic (exact) mass is 631 g/mol. The number of anilines is 1. The molecule has 1 aromatic carbocycles. The van der Waals surface area contributed by atoms with Crippen LogP contribution in [0.5, 0.6) is 0 Å². The molecular formula is C31H46N6O8. The minimum atomic E-state index is -1.16. The largest absolute Gasteiger partial charge is 0.463 e. The predicted molar refractivity (Wildman–Crippen MR) is 165 cm³/mol. The Hall–Kier alpha value is -4.49. The van der Waals surface area contributed by atoms with Crippen molar-refractivity contribution in [3.63, 3.8) is 0 Å². The second kappa shape index (κ2) is 18.3. The Bertz CT molecular complexity index is 1260. The second-order valence-corrected chi connectivity index (χ2v) is 11.5. The minimum absolute atomic E-state index is 0.0892. The van der Waals surface area contributed by atoms with Gasteiger partial charge in [0.15, 0.2) is 1.37 Å².